The average Bonchev–Trinajstić information content (AvgIpc) is 3.65. The van der Waals surface area contributed by atoms with E-state index in [0.29, 0.717) is 5.71 Å². The van der Waals surface area contributed by atoms with Gasteiger partial charge >= 0.3 is 0 Å². The third-order valence-electron chi connectivity index (χ3n) is 8.32. The number of fused-ring (bicyclic) bond motifs is 10. The van der Waals surface area contributed by atoms with Gasteiger partial charge in [-0.2, -0.15) is 4.98 Å². The van der Waals surface area contributed by atoms with Gasteiger partial charge in [-0.3, -0.25) is 4.57 Å². The van der Waals surface area contributed by atoms with E-state index >= 15 is 0 Å². The molecule has 3 aromatic heterocycles. The van der Waals surface area contributed by atoms with Crippen LogP contribution >= 0.6 is 0 Å². The highest BCUT2D eigenvalue weighted by atomic mass is 16.3. The summed E-state index contributed by atoms with van der Waals surface area (Å²) in [5, 5.41) is 4.60. The number of benzene rings is 5. The molecule has 3 heterocycles. The molecule has 3 heteroatoms. The number of nitrogens with zero attached hydrogens (tertiary/aromatic N) is 2. The van der Waals surface area contributed by atoms with Crippen molar-refractivity contribution < 1.29 is 4.42 Å². The maximum Gasteiger partial charge on any atom is 0.229 e. The van der Waals surface area contributed by atoms with E-state index in [0.717, 1.165) is 27.7 Å². The number of pyridine rings is 1. The number of para-hydroxylation sites is 2. The Balaban J connectivity index is 1.43. The lowest BCUT2D eigenvalue weighted by Crippen LogP contribution is -2.04. The molecule has 0 bridgehead atoms. The van der Waals surface area contributed by atoms with E-state index in [1.54, 1.807) is 0 Å². The zero-order valence-electron chi connectivity index (χ0n) is 21.0. The van der Waals surface area contributed by atoms with Crippen molar-refractivity contribution in [3.8, 4) is 16.9 Å². The third-order valence-corrected chi connectivity index (χ3v) is 8.32. The van der Waals surface area contributed by atoms with Gasteiger partial charge in [0.1, 0.15) is 11.4 Å². The fourth-order valence-corrected chi connectivity index (χ4v) is 6.71. The van der Waals surface area contributed by atoms with E-state index in [-0.39, 0.29) is 5.92 Å². The van der Waals surface area contributed by atoms with E-state index < -0.39 is 0 Å². The van der Waals surface area contributed by atoms with Crippen LogP contribution in [0.4, 0.5) is 0 Å². The van der Waals surface area contributed by atoms with Gasteiger partial charge in [0.25, 0.3) is 0 Å². The molecule has 0 N–H and O–H groups in total. The molecule has 9 rings (SSSR count). The lowest BCUT2D eigenvalue weighted by Gasteiger charge is -2.17. The van der Waals surface area contributed by atoms with Crippen molar-refractivity contribution in [3.05, 3.63) is 144 Å². The van der Waals surface area contributed by atoms with Crippen LogP contribution in [-0.2, 0) is 0 Å². The van der Waals surface area contributed by atoms with Crippen LogP contribution in [0.15, 0.2) is 132 Å². The number of hydrogen-bond acceptors (Lipinski definition) is 2. The first-order chi connectivity index (χ1) is 19.4. The second kappa shape index (κ2) is 7.68. The predicted octanol–water partition coefficient (Wildman–Crippen LogP) is 9.24. The molecular formula is C36H22N2O. The summed E-state index contributed by atoms with van der Waals surface area (Å²) in [7, 11) is 0. The van der Waals surface area contributed by atoms with E-state index in [1.807, 2.05) is 18.2 Å². The Labute approximate surface area is 224 Å². The topological polar surface area (TPSA) is 31.0 Å². The Bertz CT molecular complexity index is 2240. The standard InChI is InChI=1S/C36H22N2O/c1-2-10-22(11-3-1)33-26-15-5-4-12-23(26)27-18-19-28-24-13-6-8-16-30(24)38(35(28)34(27)33)32-21-20-29-25-14-7-9-17-31(25)39-36(29)37-32/h1-21,33H. The molecule has 0 fully saturated rings. The summed E-state index contributed by atoms with van der Waals surface area (Å²) in [5.74, 6) is 1.00. The van der Waals surface area contributed by atoms with E-state index in [4.69, 9.17) is 9.40 Å². The quantitative estimate of drug-likeness (QED) is 0.238. The van der Waals surface area contributed by atoms with Crippen LogP contribution in [0.1, 0.15) is 22.6 Å². The van der Waals surface area contributed by atoms with Gasteiger partial charge in [-0.1, -0.05) is 103 Å². The molecule has 182 valence electrons. The highest BCUT2D eigenvalue weighted by Crippen LogP contribution is 2.52. The summed E-state index contributed by atoms with van der Waals surface area (Å²) in [5.41, 5.74) is 10.5. The van der Waals surface area contributed by atoms with Crippen LogP contribution in [0.3, 0.4) is 0 Å². The van der Waals surface area contributed by atoms with Crippen LogP contribution in [-0.4, -0.2) is 9.55 Å². The van der Waals surface area contributed by atoms with Gasteiger partial charge in [0.2, 0.25) is 5.71 Å². The second-order valence-electron chi connectivity index (χ2n) is 10.3. The Morgan fingerprint density at radius 3 is 2.23 bits per heavy atom. The third kappa shape index (κ3) is 2.79. The second-order valence-corrected chi connectivity index (χ2v) is 10.3. The molecule has 1 atom stereocenters. The summed E-state index contributed by atoms with van der Waals surface area (Å²) in [4.78, 5) is 5.12. The smallest absolute Gasteiger partial charge is 0.229 e. The predicted molar refractivity (Wildman–Crippen MR) is 159 cm³/mol. The van der Waals surface area contributed by atoms with Crippen molar-refractivity contribution in [1.82, 2.24) is 9.55 Å². The Morgan fingerprint density at radius 2 is 1.31 bits per heavy atom. The summed E-state index contributed by atoms with van der Waals surface area (Å²) in [6.45, 7) is 0. The molecule has 0 spiro atoms. The van der Waals surface area contributed by atoms with Crippen molar-refractivity contribution >= 4 is 43.9 Å². The fraction of sp³-hybridized carbons (Fsp3) is 0.0278. The first-order valence-corrected chi connectivity index (χ1v) is 13.4. The molecule has 1 aliphatic rings. The van der Waals surface area contributed by atoms with Crippen LogP contribution in [0.2, 0.25) is 0 Å². The zero-order chi connectivity index (χ0) is 25.5. The van der Waals surface area contributed by atoms with Gasteiger partial charge in [0.05, 0.1) is 11.0 Å². The van der Waals surface area contributed by atoms with E-state index in [9.17, 15) is 0 Å². The van der Waals surface area contributed by atoms with Crippen molar-refractivity contribution in [2.45, 2.75) is 5.92 Å². The minimum absolute atomic E-state index is 0.138. The molecule has 0 amide bonds. The van der Waals surface area contributed by atoms with E-state index in [1.165, 1.54) is 44.1 Å². The first kappa shape index (κ1) is 20.9. The SMILES string of the molecule is c1ccc(C2c3ccccc3-c3ccc4c5ccccc5n(-c5ccc6c(n5)oc5ccccc56)c4c32)cc1. The maximum absolute atomic E-state index is 6.22. The molecule has 8 aromatic rings. The average molecular weight is 499 g/mol. The molecule has 1 unspecified atom stereocenters. The van der Waals surface area contributed by atoms with Crippen molar-refractivity contribution in [1.29, 1.82) is 0 Å². The summed E-state index contributed by atoms with van der Waals surface area (Å²) >= 11 is 0. The first-order valence-electron chi connectivity index (χ1n) is 13.4. The lowest BCUT2D eigenvalue weighted by atomic mass is 9.88. The number of hydrogen-bond donors (Lipinski definition) is 0. The Kier molecular flexibility index (Phi) is 4.11. The minimum Gasteiger partial charge on any atom is -0.438 e. The molecular weight excluding hydrogens is 476 g/mol. The normalized spacial score (nSPS) is 14.4. The van der Waals surface area contributed by atoms with Gasteiger partial charge in [0, 0.05) is 27.5 Å². The van der Waals surface area contributed by atoms with Gasteiger partial charge in [-0.05, 0) is 52.1 Å². The summed E-state index contributed by atoms with van der Waals surface area (Å²) in [6.07, 6.45) is 0. The minimum atomic E-state index is 0.138. The fourth-order valence-electron chi connectivity index (χ4n) is 6.71. The molecule has 0 saturated carbocycles. The van der Waals surface area contributed by atoms with Crippen LogP contribution in [0.25, 0.3) is 60.8 Å². The van der Waals surface area contributed by atoms with Crippen LogP contribution in [0, 0.1) is 0 Å². The van der Waals surface area contributed by atoms with Gasteiger partial charge in [-0.15, -0.1) is 0 Å². The molecule has 1 aliphatic carbocycles. The maximum atomic E-state index is 6.22. The van der Waals surface area contributed by atoms with Gasteiger partial charge in [-0.25, -0.2) is 0 Å². The highest BCUT2D eigenvalue weighted by molar-refractivity contribution is 6.13. The molecule has 0 radical (unpaired) electrons. The van der Waals surface area contributed by atoms with Crippen LogP contribution in [0.5, 0.6) is 0 Å². The zero-order valence-corrected chi connectivity index (χ0v) is 21.0. The number of aromatic nitrogens is 2. The Hall–Kier alpha value is -5.15. The van der Waals surface area contributed by atoms with Gasteiger partial charge < -0.3 is 4.42 Å². The number of furan rings is 1. The molecule has 0 saturated heterocycles. The van der Waals surface area contributed by atoms with Crippen molar-refractivity contribution in [2.75, 3.05) is 0 Å². The lowest BCUT2D eigenvalue weighted by molar-refractivity contribution is 0.653. The van der Waals surface area contributed by atoms with Crippen molar-refractivity contribution in [2.24, 2.45) is 0 Å². The highest BCUT2D eigenvalue weighted by Gasteiger charge is 2.33. The molecule has 5 aromatic carbocycles. The molecule has 39 heavy (non-hydrogen) atoms. The molecule has 3 nitrogen and oxygen atoms in total. The monoisotopic (exact) mass is 498 g/mol. The Morgan fingerprint density at radius 1 is 0.564 bits per heavy atom. The van der Waals surface area contributed by atoms with Crippen molar-refractivity contribution in [3.63, 3.8) is 0 Å². The van der Waals surface area contributed by atoms with E-state index in [2.05, 4.69) is 114 Å². The van der Waals surface area contributed by atoms with Gasteiger partial charge in [0.15, 0.2) is 0 Å². The molecule has 0 aliphatic heterocycles. The van der Waals surface area contributed by atoms with Crippen LogP contribution < -0.4 is 0 Å². The largest absolute Gasteiger partial charge is 0.438 e. The summed E-state index contributed by atoms with van der Waals surface area (Å²) in [6, 6.07) is 45.4. The number of rotatable bonds is 2. The summed E-state index contributed by atoms with van der Waals surface area (Å²) < 4.78 is 8.57.